The van der Waals surface area contributed by atoms with E-state index in [1.165, 1.54) is 20.3 Å². The number of carbonyl (C=O) groups is 1. The summed E-state index contributed by atoms with van der Waals surface area (Å²) in [5.74, 6) is -1.83. The van der Waals surface area contributed by atoms with Crippen molar-refractivity contribution in [3.8, 4) is 11.5 Å². The highest BCUT2D eigenvalue weighted by molar-refractivity contribution is 6.06. The molecule has 3 rings (SSSR count). The second kappa shape index (κ2) is 6.83. The minimum Gasteiger partial charge on any atom is -0.497 e. The molecular weight excluding hydrogens is 346 g/mol. The van der Waals surface area contributed by atoms with Gasteiger partial charge in [0, 0.05) is 18.3 Å². The second-order valence-corrected chi connectivity index (χ2v) is 5.36. The lowest BCUT2D eigenvalue weighted by atomic mass is 10.1. The average molecular weight is 360 g/mol. The highest BCUT2D eigenvalue weighted by Crippen LogP contribution is 2.29. The number of H-pyrrole nitrogens is 1. The molecule has 1 amide bonds. The zero-order valence-corrected chi connectivity index (χ0v) is 13.9. The van der Waals surface area contributed by atoms with E-state index in [0.717, 1.165) is 12.3 Å². The fourth-order valence-corrected chi connectivity index (χ4v) is 2.54. The Labute approximate surface area is 146 Å². The van der Waals surface area contributed by atoms with Crippen LogP contribution in [-0.2, 0) is 0 Å². The van der Waals surface area contributed by atoms with Crippen LogP contribution in [0.25, 0.3) is 10.9 Å². The Kier molecular flexibility index (Phi) is 4.57. The van der Waals surface area contributed by atoms with Crippen molar-refractivity contribution in [2.75, 3.05) is 19.5 Å². The summed E-state index contributed by atoms with van der Waals surface area (Å²) in [6.07, 6.45) is 1.10. The van der Waals surface area contributed by atoms with E-state index in [1.54, 1.807) is 12.1 Å². The van der Waals surface area contributed by atoms with Crippen molar-refractivity contribution in [2.45, 2.75) is 0 Å². The van der Waals surface area contributed by atoms with E-state index >= 15 is 0 Å². The summed E-state index contributed by atoms with van der Waals surface area (Å²) in [5, 5.41) is 2.14. The maximum absolute atomic E-state index is 14.0. The van der Waals surface area contributed by atoms with Crippen molar-refractivity contribution in [3.05, 3.63) is 63.9 Å². The summed E-state index contributed by atoms with van der Waals surface area (Å²) in [6.45, 7) is 0. The summed E-state index contributed by atoms with van der Waals surface area (Å²) >= 11 is 0. The standard InChI is InChI=1S/C18H14F2N2O4/c1-25-10-3-4-15(26-2)13(7-10)22-18(24)11-8-21-14-6-9(19)5-12(20)16(14)17(11)23/h3-8H,1-2H3,(H,21,23)(H,22,24). The maximum Gasteiger partial charge on any atom is 0.261 e. The van der Waals surface area contributed by atoms with Gasteiger partial charge in [0.2, 0.25) is 5.43 Å². The zero-order chi connectivity index (χ0) is 18.8. The van der Waals surface area contributed by atoms with Crippen molar-refractivity contribution < 1.29 is 23.0 Å². The quantitative estimate of drug-likeness (QED) is 0.749. The van der Waals surface area contributed by atoms with Gasteiger partial charge in [0.25, 0.3) is 5.91 Å². The molecule has 0 saturated heterocycles. The van der Waals surface area contributed by atoms with Crippen molar-refractivity contribution >= 4 is 22.5 Å². The number of benzene rings is 2. The van der Waals surface area contributed by atoms with E-state index < -0.39 is 28.4 Å². The van der Waals surface area contributed by atoms with Gasteiger partial charge in [-0.25, -0.2) is 8.78 Å². The van der Waals surface area contributed by atoms with Gasteiger partial charge in [0.15, 0.2) is 0 Å². The largest absolute Gasteiger partial charge is 0.497 e. The van der Waals surface area contributed by atoms with E-state index in [1.807, 2.05) is 0 Å². The smallest absolute Gasteiger partial charge is 0.261 e. The second-order valence-electron chi connectivity index (χ2n) is 5.36. The number of ether oxygens (including phenoxy) is 2. The number of hydrogen-bond donors (Lipinski definition) is 2. The van der Waals surface area contributed by atoms with Crippen molar-refractivity contribution in [1.29, 1.82) is 0 Å². The van der Waals surface area contributed by atoms with Crippen LogP contribution in [0.5, 0.6) is 11.5 Å². The van der Waals surface area contributed by atoms with Crippen molar-refractivity contribution in [1.82, 2.24) is 4.98 Å². The molecule has 0 spiro atoms. The highest BCUT2D eigenvalue weighted by Gasteiger charge is 2.18. The van der Waals surface area contributed by atoms with Crippen molar-refractivity contribution in [2.24, 2.45) is 0 Å². The summed E-state index contributed by atoms with van der Waals surface area (Å²) in [4.78, 5) is 27.5. The molecule has 26 heavy (non-hydrogen) atoms. The predicted octanol–water partition coefficient (Wildman–Crippen LogP) is 3.08. The average Bonchev–Trinajstić information content (AvgIpc) is 2.61. The van der Waals surface area contributed by atoms with Gasteiger partial charge in [-0.15, -0.1) is 0 Å². The van der Waals surface area contributed by atoms with Crippen LogP contribution in [0.15, 0.2) is 41.3 Å². The number of amides is 1. The third-order valence-corrected chi connectivity index (χ3v) is 3.80. The van der Waals surface area contributed by atoms with Gasteiger partial charge < -0.3 is 19.8 Å². The number of aromatic amines is 1. The van der Waals surface area contributed by atoms with E-state index in [4.69, 9.17) is 9.47 Å². The number of nitrogens with one attached hydrogen (secondary N) is 2. The first kappa shape index (κ1) is 17.4. The normalized spacial score (nSPS) is 10.6. The van der Waals surface area contributed by atoms with Gasteiger partial charge in [0.05, 0.1) is 30.8 Å². The molecule has 0 bridgehead atoms. The van der Waals surface area contributed by atoms with E-state index in [2.05, 4.69) is 10.3 Å². The van der Waals surface area contributed by atoms with Crippen LogP contribution < -0.4 is 20.2 Å². The molecule has 1 aromatic heterocycles. The highest BCUT2D eigenvalue weighted by atomic mass is 19.1. The van der Waals surface area contributed by atoms with Crippen LogP contribution in [0.3, 0.4) is 0 Å². The van der Waals surface area contributed by atoms with Gasteiger partial charge in [0.1, 0.15) is 28.7 Å². The third kappa shape index (κ3) is 3.08. The topological polar surface area (TPSA) is 80.4 Å². The number of fused-ring (bicyclic) bond motifs is 1. The number of pyridine rings is 1. The number of hydrogen-bond acceptors (Lipinski definition) is 4. The molecule has 0 saturated carbocycles. The Hall–Kier alpha value is -3.42. The molecule has 3 aromatic rings. The molecule has 2 N–H and O–H groups in total. The molecule has 0 fully saturated rings. The molecule has 6 nitrogen and oxygen atoms in total. The Morgan fingerprint density at radius 3 is 2.58 bits per heavy atom. The van der Waals surface area contributed by atoms with Gasteiger partial charge in [-0.2, -0.15) is 0 Å². The Bertz CT molecular complexity index is 1060. The third-order valence-electron chi connectivity index (χ3n) is 3.80. The van der Waals surface area contributed by atoms with Gasteiger partial charge in [-0.05, 0) is 18.2 Å². The van der Waals surface area contributed by atoms with E-state index in [0.29, 0.717) is 17.6 Å². The molecular formula is C18H14F2N2O4. The monoisotopic (exact) mass is 360 g/mol. The fraction of sp³-hybridized carbons (Fsp3) is 0.111. The van der Waals surface area contributed by atoms with Crippen LogP contribution in [-0.4, -0.2) is 25.1 Å². The van der Waals surface area contributed by atoms with Gasteiger partial charge in [-0.1, -0.05) is 0 Å². The molecule has 0 atom stereocenters. The molecule has 0 aliphatic carbocycles. The Balaban J connectivity index is 2.04. The van der Waals surface area contributed by atoms with Gasteiger partial charge in [-0.3, -0.25) is 9.59 Å². The fourth-order valence-electron chi connectivity index (χ4n) is 2.54. The first-order chi connectivity index (χ1) is 12.4. The minimum atomic E-state index is -1.05. The summed E-state index contributed by atoms with van der Waals surface area (Å²) in [6, 6.07) is 6.31. The number of aromatic nitrogens is 1. The van der Waals surface area contributed by atoms with Crippen LogP contribution in [0.4, 0.5) is 14.5 Å². The Morgan fingerprint density at radius 2 is 1.88 bits per heavy atom. The molecule has 8 heteroatoms. The molecule has 2 aromatic carbocycles. The summed E-state index contributed by atoms with van der Waals surface area (Å²) < 4.78 is 37.5. The maximum atomic E-state index is 14.0. The molecule has 0 radical (unpaired) electrons. The number of carbonyl (C=O) groups excluding carboxylic acids is 1. The van der Waals surface area contributed by atoms with Crippen LogP contribution in [0.2, 0.25) is 0 Å². The number of rotatable bonds is 4. The lowest BCUT2D eigenvalue weighted by Crippen LogP contribution is -2.22. The Morgan fingerprint density at radius 1 is 1.12 bits per heavy atom. The minimum absolute atomic E-state index is 0.0389. The molecule has 1 heterocycles. The van der Waals surface area contributed by atoms with Crippen LogP contribution >= 0.6 is 0 Å². The SMILES string of the molecule is COc1ccc(OC)c(NC(=O)c2c[nH]c3cc(F)cc(F)c3c2=O)c1. The van der Waals surface area contributed by atoms with Crippen LogP contribution in [0, 0.1) is 11.6 Å². The lowest BCUT2D eigenvalue weighted by molar-refractivity contribution is 0.102. The first-order valence-electron chi connectivity index (χ1n) is 7.48. The predicted molar refractivity (Wildman–Crippen MR) is 92.0 cm³/mol. The van der Waals surface area contributed by atoms with E-state index in [9.17, 15) is 18.4 Å². The van der Waals surface area contributed by atoms with Gasteiger partial charge >= 0.3 is 0 Å². The lowest BCUT2D eigenvalue weighted by Gasteiger charge is -2.12. The summed E-state index contributed by atoms with van der Waals surface area (Å²) in [7, 11) is 2.88. The van der Waals surface area contributed by atoms with E-state index in [-0.39, 0.29) is 16.8 Å². The zero-order valence-electron chi connectivity index (χ0n) is 13.9. The van der Waals surface area contributed by atoms with Crippen molar-refractivity contribution in [3.63, 3.8) is 0 Å². The van der Waals surface area contributed by atoms with Crippen LogP contribution in [0.1, 0.15) is 10.4 Å². The number of methoxy groups -OCH3 is 2. The number of halogens is 2. The number of anilines is 1. The first-order valence-corrected chi connectivity index (χ1v) is 7.48. The molecule has 0 aliphatic heterocycles. The summed E-state index contributed by atoms with van der Waals surface area (Å²) in [5.41, 5.74) is -0.942. The molecule has 0 aliphatic rings. The molecule has 0 unspecified atom stereocenters. The molecule has 134 valence electrons.